The zero-order valence-corrected chi connectivity index (χ0v) is 12.5. The molecule has 3 rings (SSSR count). The molecule has 4 heteroatoms. The number of nitrogens with zero attached hydrogens (tertiary/aromatic N) is 2. The lowest BCUT2D eigenvalue weighted by atomic mass is 9.80. The van der Waals surface area contributed by atoms with E-state index >= 15 is 0 Å². The Balaban J connectivity index is 1.96. The molecule has 1 saturated carbocycles. The van der Waals surface area contributed by atoms with E-state index in [1.54, 1.807) is 0 Å². The van der Waals surface area contributed by atoms with Gasteiger partial charge in [0.05, 0.1) is 16.9 Å². The lowest BCUT2D eigenvalue weighted by Gasteiger charge is -2.29. The SMILES string of the molecule is CC1CCCCC1Cn1c(CCl)nc2cc(F)ccc21. The Labute approximate surface area is 123 Å². The fourth-order valence-corrected chi connectivity index (χ4v) is 3.56. The molecule has 2 nitrogen and oxygen atoms in total. The van der Waals surface area contributed by atoms with Crippen LogP contribution >= 0.6 is 11.6 Å². The molecule has 1 fully saturated rings. The Morgan fingerprint density at radius 2 is 2.15 bits per heavy atom. The highest BCUT2D eigenvalue weighted by molar-refractivity contribution is 6.16. The topological polar surface area (TPSA) is 17.8 Å². The van der Waals surface area contributed by atoms with Gasteiger partial charge in [-0.3, -0.25) is 0 Å². The van der Waals surface area contributed by atoms with E-state index in [-0.39, 0.29) is 5.82 Å². The van der Waals surface area contributed by atoms with Crippen LogP contribution in [0.4, 0.5) is 4.39 Å². The van der Waals surface area contributed by atoms with Gasteiger partial charge in [-0.2, -0.15) is 0 Å². The summed E-state index contributed by atoms with van der Waals surface area (Å²) in [6.45, 7) is 3.29. The van der Waals surface area contributed by atoms with Gasteiger partial charge < -0.3 is 4.57 Å². The molecule has 0 N–H and O–H groups in total. The van der Waals surface area contributed by atoms with Crippen molar-refractivity contribution in [3.63, 3.8) is 0 Å². The smallest absolute Gasteiger partial charge is 0.125 e. The van der Waals surface area contributed by atoms with Crippen LogP contribution in [-0.4, -0.2) is 9.55 Å². The van der Waals surface area contributed by atoms with Gasteiger partial charge in [0.15, 0.2) is 0 Å². The number of alkyl halides is 1. The first-order valence-corrected chi connectivity index (χ1v) is 7.93. The molecule has 1 aromatic heterocycles. The second-order valence-electron chi connectivity index (χ2n) is 5.93. The fraction of sp³-hybridized carbons (Fsp3) is 0.562. The molecule has 0 amide bonds. The maximum atomic E-state index is 13.3. The highest BCUT2D eigenvalue weighted by atomic mass is 35.5. The highest BCUT2D eigenvalue weighted by Gasteiger charge is 2.23. The molecular formula is C16H20ClFN2. The minimum absolute atomic E-state index is 0.241. The molecule has 0 spiro atoms. The third kappa shape index (κ3) is 2.56. The van der Waals surface area contributed by atoms with Crippen molar-refractivity contribution in [2.24, 2.45) is 11.8 Å². The molecule has 2 atom stereocenters. The first-order chi connectivity index (χ1) is 9.69. The Morgan fingerprint density at radius 3 is 2.90 bits per heavy atom. The third-order valence-corrected chi connectivity index (χ3v) is 4.85. The lowest BCUT2D eigenvalue weighted by Crippen LogP contribution is -2.22. The predicted octanol–water partition coefficient (Wildman–Crippen LogP) is 4.74. The monoisotopic (exact) mass is 294 g/mol. The van der Waals surface area contributed by atoms with E-state index in [0.717, 1.165) is 23.8 Å². The number of rotatable bonds is 3. The summed E-state index contributed by atoms with van der Waals surface area (Å²) in [5.41, 5.74) is 1.71. The summed E-state index contributed by atoms with van der Waals surface area (Å²) in [6, 6.07) is 4.82. The summed E-state index contributed by atoms with van der Waals surface area (Å²) in [5.74, 6) is 2.40. The molecule has 0 saturated heterocycles. The van der Waals surface area contributed by atoms with Gasteiger partial charge in [0, 0.05) is 12.6 Å². The summed E-state index contributed by atoms with van der Waals surface area (Å²) in [5, 5.41) is 0. The molecule has 0 radical (unpaired) electrons. The average Bonchev–Trinajstić information content (AvgIpc) is 2.78. The summed E-state index contributed by atoms with van der Waals surface area (Å²) < 4.78 is 15.5. The van der Waals surface area contributed by atoms with Crippen LogP contribution in [0.2, 0.25) is 0 Å². The molecule has 1 aliphatic rings. The number of aromatic nitrogens is 2. The summed E-state index contributed by atoms with van der Waals surface area (Å²) in [4.78, 5) is 4.47. The number of hydrogen-bond acceptors (Lipinski definition) is 1. The second-order valence-corrected chi connectivity index (χ2v) is 6.19. The first kappa shape index (κ1) is 13.9. The molecule has 2 unspecified atom stereocenters. The standard InChI is InChI=1S/C16H20ClFN2/c1-11-4-2-3-5-12(11)10-20-15-7-6-13(18)8-14(15)19-16(20)9-17/h6-8,11-12H,2-5,9-10H2,1H3. The summed E-state index contributed by atoms with van der Waals surface area (Å²) >= 11 is 6.02. The van der Waals surface area contributed by atoms with Gasteiger partial charge >= 0.3 is 0 Å². The van der Waals surface area contributed by atoms with Crippen LogP contribution in [0.3, 0.4) is 0 Å². The third-order valence-electron chi connectivity index (χ3n) is 4.62. The normalized spacial score (nSPS) is 23.4. The van der Waals surface area contributed by atoms with E-state index in [4.69, 9.17) is 11.6 Å². The molecule has 1 heterocycles. The molecule has 1 aromatic carbocycles. The molecule has 20 heavy (non-hydrogen) atoms. The van der Waals surface area contributed by atoms with E-state index in [9.17, 15) is 4.39 Å². The van der Waals surface area contributed by atoms with Crippen LogP contribution in [0.15, 0.2) is 18.2 Å². The van der Waals surface area contributed by atoms with Crippen LogP contribution in [0, 0.1) is 17.7 Å². The van der Waals surface area contributed by atoms with E-state index in [0.29, 0.717) is 17.3 Å². The largest absolute Gasteiger partial charge is 0.327 e. The summed E-state index contributed by atoms with van der Waals surface area (Å²) in [7, 11) is 0. The summed E-state index contributed by atoms with van der Waals surface area (Å²) in [6.07, 6.45) is 5.23. The van der Waals surface area contributed by atoms with Crippen molar-refractivity contribution in [2.75, 3.05) is 0 Å². The number of halogens is 2. The van der Waals surface area contributed by atoms with E-state index in [1.807, 2.05) is 6.07 Å². The van der Waals surface area contributed by atoms with E-state index in [1.165, 1.54) is 37.8 Å². The van der Waals surface area contributed by atoms with Crippen molar-refractivity contribution in [2.45, 2.75) is 45.0 Å². The zero-order chi connectivity index (χ0) is 14.1. The maximum Gasteiger partial charge on any atom is 0.125 e. The van der Waals surface area contributed by atoms with Crippen LogP contribution in [0.5, 0.6) is 0 Å². The molecule has 0 bridgehead atoms. The minimum Gasteiger partial charge on any atom is -0.327 e. The van der Waals surface area contributed by atoms with E-state index < -0.39 is 0 Å². The Morgan fingerprint density at radius 1 is 1.35 bits per heavy atom. The van der Waals surface area contributed by atoms with Crippen LogP contribution in [0.25, 0.3) is 11.0 Å². The van der Waals surface area contributed by atoms with Crippen LogP contribution < -0.4 is 0 Å². The van der Waals surface area contributed by atoms with Crippen molar-refractivity contribution in [1.29, 1.82) is 0 Å². The van der Waals surface area contributed by atoms with Crippen LogP contribution in [0.1, 0.15) is 38.4 Å². The van der Waals surface area contributed by atoms with Gasteiger partial charge in [-0.05, 0) is 30.4 Å². The Bertz CT molecular complexity index is 608. The Kier molecular flexibility index (Phi) is 3.97. The minimum atomic E-state index is -0.241. The number of imidazole rings is 1. The maximum absolute atomic E-state index is 13.3. The molecule has 2 aromatic rings. The Hall–Kier alpha value is -1.09. The number of fused-ring (bicyclic) bond motifs is 1. The van der Waals surface area contributed by atoms with Crippen LogP contribution in [-0.2, 0) is 12.4 Å². The van der Waals surface area contributed by atoms with Crippen molar-refractivity contribution in [3.8, 4) is 0 Å². The van der Waals surface area contributed by atoms with Crippen molar-refractivity contribution in [3.05, 3.63) is 29.8 Å². The highest BCUT2D eigenvalue weighted by Crippen LogP contribution is 2.32. The fourth-order valence-electron chi connectivity index (χ4n) is 3.36. The molecule has 108 valence electrons. The second kappa shape index (κ2) is 5.72. The van der Waals surface area contributed by atoms with Crippen molar-refractivity contribution < 1.29 is 4.39 Å². The first-order valence-electron chi connectivity index (χ1n) is 7.39. The number of benzene rings is 1. The average molecular weight is 295 g/mol. The van der Waals surface area contributed by atoms with Crippen molar-refractivity contribution in [1.82, 2.24) is 9.55 Å². The predicted molar refractivity (Wildman–Crippen MR) is 80.4 cm³/mol. The van der Waals surface area contributed by atoms with Gasteiger partial charge in [0.2, 0.25) is 0 Å². The van der Waals surface area contributed by atoms with Crippen molar-refractivity contribution >= 4 is 22.6 Å². The molecule has 1 aliphatic carbocycles. The zero-order valence-electron chi connectivity index (χ0n) is 11.8. The van der Waals surface area contributed by atoms with Gasteiger partial charge in [-0.25, -0.2) is 9.37 Å². The van der Waals surface area contributed by atoms with Gasteiger partial charge in [0.1, 0.15) is 11.6 Å². The lowest BCUT2D eigenvalue weighted by molar-refractivity contribution is 0.229. The van der Waals surface area contributed by atoms with Gasteiger partial charge in [-0.1, -0.05) is 26.2 Å². The molecular weight excluding hydrogens is 275 g/mol. The van der Waals surface area contributed by atoms with Gasteiger partial charge in [0.25, 0.3) is 0 Å². The quantitative estimate of drug-likeness (QED) is 0.748. The van der Waals surface area contributed by atoms with Gasteiger partial charge in [-0.15, -0.1) is 11.6 Å². The molecule has 0 aliphatic heterocycles. The number of hydrogen-bond donors (Lipinski definition) is 0. The van der Waals surface area contributed by atoms with E-state index in [2.05, 4.69) is 16.5 Å².